The molecule has 0 spiro atoms. The van der Waals surface area contributed by atoms with Crippen molar-refractivity contribution in [3.8, 4) is 0 Å². The second-order valence-corrected chi connectivity index (χ2v) is 5.93. The first-order valence-corrected chi connectivity index (χ1v) is 8.15. The Hall–Kier alpha value is -2.88. The maximum Gasteiger partial charge on any atom is 0.229 e. The van der Waals surface area contributed by atoms with E-state index >= 15 is 0 Å². The molecule has 122 valence electrons. The largest absolute Gasteiger partial charge is 0.370 e. The topological polar surface area (TPSA) is 49.8 Å². The molecule has 3 aromatic rings. The lowest BCUT2D eigenvalue weighted by molar-refractivity contribution is 1.00. The van der Waals surface area contributed by atoms with Gasteiger partial charge >= 0.3 is 0 Å². The van der Waals surface area contributed by atoms with Crippen molar-refractivity contribution in [2.75, 3.05) is 17.2 Å². The monoisotopic (exact) mass is 318 g/mol. The number of rotatable bonds is 6. The number of nitrogens with zero attached hydrogens (tertiary/aromatic N) is 2. The van der Waals surface area contributed by atoms with E-state index in [1.807, 2.05) is 12.1 Å². The lowest BCUT2D eigenvalue weighted by atomic mass is 10.1. The predicted octanol–water partition coefficient (Wildman–Crippen LogP) is 4.49. The lowest BCUT2D eigenvalue weighted by Gasteiger charge is -2.09. The molecule has 0 saturated heterocycles. The molecular weight excluding hydrogens is 296 g/mol. The van der Waals surface area contributed by atoms with Crippen LogP contribution in [0.15, 0.2) is 60.8 Å². The van der Waals surface area contributed by atoms with Crippen LogP contribution in [0.1, 0.15) is 16.7 Å². The molecule has 1 heterocycles. The van der Waals surface area contributed by atoms with Gasteiger partial charge in [-0.3, -0.25) is 0 Å². The number of anilines is 3. The van der Waals surface area contributed by atoms with Gasteiger partial charge in [0.25, 0.3) is 0 Å². The first kappa shape index (κ1) is 16.0. The zero-order chi connectivity index (χ0) is 16.8. The summed E-state index contributed by atoms with van der Waals surface area (Å²) in [5.74, 6) is 1.43. The van der Waals surface area contributed by atoms with Gasteiger partial charge < -0.3 is 10.6 Å². The van der Waals surface area contributed by atoms with Crippen LogP contribution in [-0.4, -0.2) is 16.5 Å². The third kappa shape index (κ3) is 4.56. The van der Waals surface area contributed by atoms with E-state index in [1.165, 1.54) is 16.7 Å². The Balaban J connectivity index is 1.61. The van der Waals surface area contributed by atoms with Crippen molar-refractivity contribution in [1.82, 2.24) is 9.97 Å². The van der Waals surface area contributed by atoms with Crippen LogP contribution in [0.3, 0.4) is 0 Å². The zero-order valence-electron chi connectivity index (χ0n) is 14.1. The van der Waals surface area contributed by atoms with Crippen molar-refractivity contribution >= 4 is 17.5 Å². The fourth-order valence-corrected chi connectivity index (χ4v) is 2.67. The van der Waals surface area contributed by atoms with Gasteiger partial charge in [0.1, 0.15) is 5.82 Å². The van der Waals surface area contributed by atoms with Gasteiger partial charge in [-0.1, -0.05) is 36.4 Å². The van der Waals surface area contributed by atoms with Crippen LogP contribution in [0.25, 0.3) is 0 Å². The maximum atomic E-state index is 4.53. The molecule has 0 aliphatic rings. The van der Waals surface area contributed by atoms with Gasteiger partial charge in [-0.2, -0.15) is 4.98 Å². The van der Waals surface area contributed by atoms with E-state index in [0.717, 1.165) is 24.5 Å². The second-order valence-electron chi connectivity index (χ2n) is 5.93. The first-order chi connectivity index (χ1) is 11.7. The fourth-order valence-electron chi connectivity index (χ4n) is 2.67. The van der Waals surface area contributed by atoms with E-state index in [4.69, 9.17) is 0 Å². The summed E-state index contributed by atoms with van der Waals surface area (Å²) in [5, 5.41) is 6.62. The highest BCUT2D eigenvalue weighted by atomic mass is 15.1. The number of hydrogen-bond donors (Lipinski definition) is 2. The minimum absolute atomic E-state index is 0.602. The summed E-state index contributed by atoms with van der Waals surface area (Å²) in [6.45, 7) is 5.01. The average molecular weight is 318 g/mol. The molecule has 1 aromatic heterocycles. The Labute approximate surface area is 143 Å². The summed E-state index contributed by atoms with van der Waals surface area (Å²) in [4.78, 5) is 8.82. The van der Waals surface area contributed by atoms with Crippen molar-refractivity contribution in [1.29, 1.82) is 0 Å². The molecule has 0 radical (unpaired) electrons. The molecule has 0 saturated carbocycles. The molecule has 0 fully saturated rings. The van der Waals surface area contributed by atoms with E-state index < -0.39 is 0 Å². The molecule has 3 rings (SSSR count). The molecule has 4 nitrogen and oxygen atoms in total. The minimum atomic E-state index is 0.602. The molecule has 0 aliphatic carbocycles. The molecule has 0 amide bonds. The van der Waals surface area contributed by atoms with Gasteiger partial charge in [-0.25, -0.2) is 4.98 Å². The third-order valence-corrected chi connectivity index (χ3v) is 3.70. The Kier molecular flexibility index (Phi) is 5.06. The maximum absolute atomic E-state index is 4.53. The van der Waals surface area contributed by atoms with Crippen LogP contribution >= 0.6 is 0 Å². The number of nitrogens with one attached hydrogen (secondary N) is 2. The highest BCUT2D eigenvalue weighted by Crippen LogP contribution is 2.18. The summed E-state index contributed by atoms with van der Waals surface area (Å²) < 4.78 is 0. The van der Waals surface area contributed by atoms with Crippen molar-refractivity contribution < 1.29 is 0 Å². The highest BCUT2D eigenvalue weighted by Gasteiger charge is 2.02. The Bertz CT molecular complexity index is 779. The van der Waals surface area contributed by atoms with Crippen molar-refractivity contribution in [2.45, 2.75) is 20.3 Å². The van der Waals surface area contributed by atoms with Gasteiger partial charge in [-0.05, 0) is 55.2 Å². The summed E-state index contributed by atoms with van der Waals surface area (Å²) in [5.41, 5.74) is 4.76. The van der Waals surface area contributed by atoms with Crippen LogP contribution < -0.4 is 10.6 Å². The predicted molar refractivity (Wildman–Crippen MR) is 99.9 cm³/mol. The molecule has 0 bridgehead atoms. The molecule has 24 heavy (non-hydrogen) atoms. The molecule has 2 N–H and O–H groups in total. The van der Waals surface area contributed by atoms with Crippen LogP contribution in [-0.2, 0) is 6.42 Å². The zero-order valence-corrected chi connectivity index (χ0v) is 14.1. The number of aromatic nitrogens is 2. The van der Waals surface area contributed by atoms with E-state index in [9.17, 15) is 0 Å². The van der Waals surface area contributed by atoms with Gasteiger partial charge in [0, 0.05) is 18.4 Å². The van der Waals surface area contributed by atoms with Crippen LogP contribution in [0, 0.1) is 13.8 Å². The molecule has 2 aromatic carbocycles. The normalized spacial score (nSPS) is 10.4. The Morgan fingerprint density at radius 2 is 1.67 bits per heavy atom. The molecule has 0 aliphatic heterocycles. The van der Waals surface area contributed by atoms with Crippen molar-refractivity contribution in [2.24, 2.45) is 0 Å². The third-order valence-electron chi connectivity index (χ3n) is 3.70. The number of benzene rings is 2. The van der Waals surface area contributed by atoms with Gasteiger partial charge in [0.05, 0.1) is 0 Å². The number of hydrogen-bond acceptors (Lipinski definition) is 4. The quantitative estimate of drug-likeness (QED) is 0.703. The summed E-state index contributed by atoms with van der Waals surface area (Å²) >= 11 is 0. The van der Waals surface area contributed by atoms with Gasteiger partial charge in [0.2, 0.25) is 5.95 Å². The highest BCUT2D eigenvalue weighted by molar-refractivity contribution is 5.57. The van der Waals surface area contributed by atoms with E-state index in [1.54, 1.807) is 6.20 Å². The van der Waals surface area contributed by atoms with Crippen molar-refractivity contribution in [3.05, 3.63) is 77.5 Å². The summed E-state index contributed by atoms with van der Waals surface area (Å²) in [7, 11) is 0. The average Bonchev–Trinajstić information content (AvgIpc) is 2.55. The lowest BCUT2D eigenvalue weighted by Crippen LogP contribution is -2.07. The smallest absolute Gasteiger partial charge is 0.229 e. The summed E-state index contributed by atoms with van der Waals surface area (Å²) in [6, 6.07) is 18.6. The molecular formula is C20H22N4. The van der Waals surface area contributed by atoms with Crippen LogP contribution in [0.2, 0.25) is 0 Å². The molecule has 0 unspecified atom stereocenters. The van der Waals surface area contributed by atoms with Crippen LogP contribution in [0.4, 0.5) is 17.5 Å². The molecule has 4 heteroatoms. The minimum Gasteiger partial charge on any atom is -0.370 e. The Morgan fingerprint density at radius 3 is 2.42 bits per heavy atom. The van der Waals surface area contributed by atoms with E-state index in [0.29, 0.717) is 5.95 Å². The van der Waals surface area contributed by atoms with Crippen molar-refractivity contribution in [3.63, 3.8) is 0 Å². The SMILES string of the molecule is Cc1cc(C)cc(Nc2nccc(NCCc3ccccc3)n2)c1. The Morgan fingerprint density at radius 1 is 0.917 bits per heavy atom. The first-order valence-electron chi connectivity index (χ1n) is 8.15. The van der Waals surface area contributed by atoms with Gasteiger partial charge in [-0.15, -0.1) is 0 Å². The van der Waals surface area contributed by atoms with E-state index in [-0.39, 0.29) is 0 Å². The second kappa shape index (κ2) is 7.59. The number of aryl methyl sites for hydroxylation is 2. The van der Waals surface area contributed by atoms with Crippen LogP contribution in [0.5, 0.6) is 0 Å². The fraction of sp³-hybridized carbons (Fsp3) is 0.200. The molecule has 0 atom stereocenters. The standard InChI is InChI=1S/C20H22N4/c1-15-12-16(2)14-18(13-15)23-20-22-11-9-19(24-20)21-10-8-17-6-4-3-5-7-17/h3-7,9,11-14H,8,10H2,1-2H3,(H2,21,22,23,24). The summed E-state index contributed by atoms with van der Waals surface area (Å²) in [6.07, 6.45) is 2.73. The van der Waals surface area contributed by atoms with E-state index in [2.05, 4.69) is 76.9 Å². The van der Waals surface area contributed by atoms with Gasteiger partial charge in [0.15, 0.2) is 0 Å².